The van der Waals surface area contributed by atoms with Crippen molar-refractivity contribution < 1.29 is 22.4 Å². The number of carbonyl (C=O) groups excluding carboxylic acids is 1. The van der Waals surface area contributed by atoms with Crippen LogP contribution in [-0.2, 0) is 11.0 Å². The average Bonchev–Trinajstić information content (AvgIpc) is 3.16. The molecule has 3 rings (SSSR count). The van der Waals surface area contributed by atoms with Gasteiger partial charge in [-0.05, 0) is 48.5 Å². The first kappa shape index (κ1) is 20.2. The van der Waals surface area contributed by atoms with E-state index in [-0.39, 0.29) is 22.7 Å². The van der Waals surface area contributed by atoms with Gasteiger partial charge < -0.3 is 9.73 Å². The first-order chi connectivity index (χ1) is 13.8. The number of nitrogens with one attached hydrogen (secondary N) is 1. The lowest BCUT2D eigenvalue weighted by Gasteiger charge is -2.07. The molecule has 1 heterocycles. The third-order valence-electron chi connectivity index (χ3n) is 3.85. The van der Waals surface area contributed by atoms with Crippen molar-refractivity contribution in [2.24, 2.45) is 0 Å². The Bertz CT molecular complexity index is 1110. The molecule has 2 aromatic carbocycles. The zero-order valence-electron chi connectivity index (χ0n) is 14.6. The second-order valence-electron chi connectivity index (χ2n) is 5.91. The van der Waals surface area contributed by atoms with Gasteiger partial charge in [0.05, 0.1) is 5.56 Å². The summed E-state index contributed by atoms with van der Waals surface area (Å²) in [4.78, 5) is 12.3. The van der Waals surface area contributed by atoms with Gasteiger partial charge in [0.1, 0.15) is 23.2 Å². The van der Waals surface area contributed by atoms with Crippen molar-refractivity contribution in [3.05, 3.63) is 82.6 Å². The quantitative estimate of drug-likeness (QED) is 0.409. The number of benzene rings is 2. The van der Waals surface area contributed by atoms with E-state index in [0.29, 0.717) is 10.7 Å². The van der Waals surface area contributed by atoms with Crippen molar-refractivity contribution in [3.8, 4) is 17.4 Å². The molecule has 1 amide bonds. The Morgan fingerprint density at radius 3 is 2.48 bits per heavy atom. The fourth-order valence-corrected chi connectivity index (χ4v) is 2.58. The summed E-state index contributed by atoms with van der Waals surface area (Å²) in [5, 5.41) is 12.3. The molecule has 4 nitrogen and oxygen atoms in total. The van der Waals surface area contributed by atoms with Gasteiger partial charge in [-0.1, -0.05) is 23.7 Å². The van der Waals surface area contributed by atoms with Gasteiger partial charge in [-0.15, -0.1) is 0 Å². The maximum atomic E-state index is 12.9. The highest BCUT2D eigenvalue weighted by atomic mass is 35.5. The Hall–Kier alpha value is -3.50. The first-order valence-corrected chi connectivity index (χ1v) is 8.60. The second kappa shape index (κ2) is 8.25. The van der Waals surface area contributed by atoms with Crippen LogP contribution in [0.25, 0.3) is 17.4 Å². The number of alkyl halides is 3. The molecule has 0 unspecified atom stereocenters. The Kier molecular flexibility index (Phi) is 5.76. The van der Waals surface area contributed by atoms with E-state index in [1.165, 1.54) is 30.3 Å². The molecule has 0 aliphatic rings. The molecule has 0 atom stereocenters. The van der Waals surface area contributed by atoms with Crippen LogP contribution in [-0.4, -0.2) is 5.91 Å². The van der Waals surface area contributed by atoms with Crippen LogP contribution in [0.5, 0.6) is 0 Å². The molecule has 0 saturated heterocycles. The normalized spacial score (nSPS) is 11.8. The second-order valence-corrected chi connectivity index (χ2v) is 6.35. The number of anilines is 1. The van der Waals surface area contributed by atoms with E-state index in [0.717, 1.165) is 12.1 Å². The van der Waals surface area contributed by atoms with E-state index in [4.69, 9.17) is 16.0 Å². The van der Waals surface area contributed by atoms with Crippen molar-refractivity contribution in [1.82, 2.24) is 0 Å². The molecular weight excluding hydrogens is 405 g/mol. The van der Waals surface area contributed by atoms with Gasteiger partial charge in [0.2, 0.25) is 0 Å². The van der Waals surface area contributed by atoms with E-state index in [1.54, 1.807) is 30.3 Å². The highest BCUT2D eigenvalue weighted by molar-refractivity contribution is 6.30. The number of hydrogen-bond donors (Lipinski definition) is 1. The van der Waals surface area contributed by atoms with Gasteiger partial charge in [0, 0.05) is 22.3 Å². The number of hydrogen-bond acceptors (Lipinski definition) is 3. The molecule has 1 N–H and O–H groups in total. The van der Waals surface area contributed by atoms with Crippen LogP contribution >= 0.6 is 11.6 Å². The number of amides is 1. The SMILES string of the molecule is N#C/C(=C\c1ccc(-c2cccc(C(F)(F)F)c2)o1)C(=O)Nc1ccc(Cl)cc1. The summed E-state index contributed by atoms with van der Waals surface area (Å²) in [7, 11) is 0. The fourth-order valence-electron chi connectivity index (χ4n) is 2.46. The van der Waals surface area contributed by atoms with E-state index in [2.05, 4.69) is 5.32 Å². The molecule has 3 aromatic rings. The summed E-state index contributed by atoms with van der Waals surface area (Å²) < 4.78 is 44.1. The van der Waals surface area contributed by atoms with Crippen molar-refractivity contribution in [3.63, 3.8) is 0 Å². The summed E-state index contributed by atoms with van der Waals surface area (Å²) in [5.74, 6) is -0.329. The van der Waals surface area contributed by atoms with E-state index >= 15 is 0 Å². The number of halogens is 4. The topological polar surface area (TPSA) is 66.0 Å². The number of nitrogens with zero attached hydrogens (tertiary/aromatic N) is 1. The molecule has 0 spiro atoms. The van der Waals surface area contributed by atoms with Gasteiger partial charge in [0.25, 0.3) is 5.91 Å². The minimum absolute atomic E-state index is 0.153. The minimum atomic E-state index is -4.47. The monoisotopic (exact) mass is 416 g/mol. The van der Waals surface area contributed by atoms with Crippen LogP contribution in [0.3, 0.4) is 0 Å². The standard InChI is InChI=1S/C21H12ClF3N2O2/c22-16-4-6-17(7-5-16)27-20(28)14(12-26)11-18-8-9-19(29-18)13-2-1-3-15(10-13)21(23,24)25/h1-11H,(H,27,28)/b14-11+. The van der Waals surface area contributed by atoms with E-state index in [1.807, 2.05) is 0 Å². The Balaban J connectivity index is 1.81. The van der Waals surface area contributed by atoms with Crippen LogP contribution < -0.4 is 5.32 Å². The highest BCUT2D eigenvalue weighted by Gasteiger charge is 2.30. The summed E-state index contributed by atoms with van der Waals surface area (Å²) in [6.45, 7) is 0. The minimum Gasteiger partial charge on any atom is -0.457 e. The zero-order valence-corrected chi connectivity index (χ0v) is 15.4. The van der Waals surface area contributed by atoms with Gasteiger partial charge in [-0.2, -0.15) is 18.4 Å². The van der Waals surface area contributed by atoms with Crippen molar-refractivity contribution in [2.75, 3.05) is 5.32 Å². The zero-order chi connectivity index (χ0) is 21.0. The van der Waals surface area contributed by atoms with Crippen LogP contribution in [0.4, 0.5) is 18.9 Å². The molecular formula is C21H12ClF3N2O2. The maximum absolute atomic E-state index is 12.9. The smallest absolute Gasteiger partial charge is 0.416 e. The number of rotatable bonds is 4. The molecule has 0 radical (unpaired) electrons. The summed E-state index contributed by atoms with van der Waals surface area (Å²) in [6.07, 6.45) is -3.26. The molecule has 29 heavy (non-hydrogen) atoms. The lowest BCUT2D eigenvalue weighted by Crippen LogP contribution is -2.13. The van der Waals surface area contributed by atoms with E-state index in [9.17, 15) is 23.2 Å². The van der Waals surface area contributed by atoms with Crippen LogP contribution in [0.1, 0.15) is 11.3 Å². The molecule has 0 fully saturated rings. The van der Waals surface area contributed by atoms with Crippen molar-refractivity contribution in [1.29, 1.82) is 5.26 Å². The van der Waals surface area contributed by atoms with Crippen molar-refractivity contribution in [2.45, 2.75) is 6.18 Å². The maximum Gasteiger partial charge on any atom is 0.416 e. The molecule has 0 aliphatic heterocycles. The van der Waals surface area contributed by atoms with E-state index < -0.39 is 17.6 Å². The average molecular weight is 417 g/mol. The van der Waals surface area contributed by atoms with Gasteiger partial charge in [0.15, 0.2) is 0 Å². The Morgan fingerprint density at radius 1 is 1.10 bits per heavy atom. The first-order valence-electron chi connectivity index (χ1n) is 8.22. The summed E-state index contributed by atoms with van der Waals surface area (Å²) >= 11 is 5.78. The molecule has 0 aliphatic carbocycles. The molecule has 146 valence electrons. The van der Waals surface area contributed by atoms with Crippen molar-refractivity contribution >= 4 is 29.3 Å². The summed E-state index contributed by atoms with van der Waals surface area (Å²) in [5.41, 5.74) is -0.360. The van der Waals surface area contributed by atoms with Gasteiger partial charge in [-0.25, -0.2) is 0 Å². The number of nitriles is 1. The lowest BCUT2D eigenvalue weighted by atomic mass is 10.1. The number of furan rings is 1. The molecule has 0 saturated carbocycles. The lowest BCUT2D eigenvalue weighted by molar-refractivity contribution is -0.137. The Labute approximate surface area is 168 Å². The summed E-state index contributed by atoms with van der Waals surface area (Å²) in [6, 6.07) is 15.7. The van der Waals surface area contributed by atoms with Crippen LogP contribution in [0, 0.1) is 11.3 Å². The molecule has 0 bridgehead atoms. The third kappa shape index (κ3) is 5.06. The highest BCUT2D eigenvalue weighted by Crippen LogP contribution is 2.32. The fraction of sp³-hybridized carbons (Fsp3) is 0.0476. The third-order valence-corrected chi connectivity index (χ3v) is 4.11. The predicted molar refractivity (Wildman–Crippen MR) is 103 cm³/mol. The predicted octanol–water partition coefficient (Wildman–Crippen LogP) is 6.16. The number of carbonyl (C=O) groups is 1. The molecule has 1 aromatic heterocycles. The Morgan fingerprint density at radius 2 is 1.83 bits per heavy atom. The van der Waals surface area contributed by atoms with Crippen LogP contribution in [0.15, 0.2) is 70.7 Å². The van der Waals surface area contributed by atoms with Gasteiger partial charge >= 0.3 is 6.18 Å². The molecule has 8 heteroatoms. The van der Waals surface area contributed by atoms with Crippen LogP contribution in [0.2, 0.25) is 5.02 Å². The largest absolute Gasteiger partial charge is 0.457 e. The van der Waals surface area contributed by atoms with Gasteiger partial charge in [-0.3, -0.25) is 4.79 Å².